The van der Waals surface area contributed by atoms with Crippen LogP contribution in [-0.2, 0) is 25.8 Å². The van der Waals surface area contributed by atoms with E-state index >= 15 is 0 Å². The number of aryl methyl sites for hydroxylation is 2. The van der Waals surface area contributed by atoms with Crippen molar-refractivity contribution in [2.45, 2.75) is 45.6 Å². The van der Waals surface area contributed by atoms with Crippen molar-refractivity contribution in [3.05, 3.63) is 46.5 Å². The molecular formula is C18H25N5O. The SMILES string of the molecule is Cc1cccc(CCNC(=O)N(C)Cc2n[nH]c3c2CCCC3)n1. The number of pyridine rings is 1. The minimum Gasteiger partial charge on any atom is -0.338 e. The van der Waals surface area contributed by atoms with Crippen LogP contribution in [0.15, 0.2) is 18.2 Å². The van der Waals surface area contributed by atoms with Crippen molar-refractivity contribution in [1.29, 1.82) is 0 Å². The topological polar surface area (TPSA) is 73.9 Å². The van der Waals surface area contributed by atoms with Crippen molar-refractivity contribution in [3.8, 4) is 0 Å². The highest BCUT2D eigenvalue weighted by Gasteiger charge is 2.19. The molecule has 24 heavy (non-hydrogen) atoms. The van der Waals surface area contributed by atoms with E-state index < -0.39 is 0 Å². The lowest BCUT2D eigenvalue weighted by Gasteiger charge is -2.18. The van der Waals surface area contributed by atoms with Crippen LogP contribution in [0.5, 0.6) is 0 Å². The van der Waals surface area contributed by atoms with Crippen LogP contribution >= 0.6 is 0 Å². The van der Waals surface area contributed by atoms with Crippen LogP contribution in [0.2, 0.25) is 0 Å². The summed E-state index contributed by atoms with van der Waals surface area (Å²) in [4.78, 5) is 18.4. The molecule has 0 aliphatic heterocycles. The molecule has 0 atom stereocenters. The minimum absolute atomic E-state index is 0.0739. The van der Waals surface area contributed by atoms with Gasteiger partial charge in [0.05, 0.1) is 12.2 Å². The van der Waals surface area contributed by atoms with E-state index in [2.05, 4.69) is 20.5 Å². The van der Waals surface area contributed by atoms with Crippen LogP contribution in [-0.4, -0.2) is 39.7 Å². The fourth-order valence-electron chi connectivity index (χ4n) is 3.15. The normalized spacial score (nSPS) is 13.4. The number of rotatable bonds is 5. The largest absolute Gasteiger partial charge is 0.338 e. The third kappa shape index (κ3) is 3.93. The first kappa shape index (κ1) is 16.5. The van der Waals surface area contributed by atoms with Crippen molar-refractivity contribution in [3.63, 3.8) is 0 Å². The Morgan fingerprint density at radius 2 is 2.17 bits per heavy atom. The number of H-pyrrole nitrogens is 1. The quantitative estimate of drug-likeness (QED) is 0.885. The van der Waals surface area contributed by atoms with Gasteiger partial charge in [-0.25, -0.2) is 4.79 Å². The molecule has 2 heterocycles. The number of carbonyl (C=O) groups excluding carboxylic acids is 1. The van der Waals surface area contributed by atoms with E-state index in [-0.39, 0.29) is 6.03 Å². The van der Waals surface area contributed by atoms with Crippen molar-refractivity contribution in [2.75, 3.05) is 13.6 Å². The van der Waals surface area contributed by atoms with Crippen LogP contribution < -0.4 is 5.32 Å². The molecule has 0 fully saturated rings. The maximum atomic E-state index is 12.3. The predicted molar refractivity (Wildman–Crippen MR) is 92.8 cm³/mol. The van der Waals surface area contributed by atoms with Gasteiger partial charge in [0.25, 0.3) is 0 Å². The first-order chi connectivity index (χ1) is 11.6. The summed E-state index contributed by atoms with van der Waals surface area (Å²) in [5.41, 5.74) is 5.56. The molecule has 6 heteroatoms. The molecule has 0 radical (unpaired) electrons. The average Bonchev–Trinajstić information content (AvgIpc) is 2.98. The number of hydrogen-bond acceptors (Lipinski definition) is 3. The van der Waals surface area contributed by atoms with E-state index in [1.165, 1.54) is 24.1 Å². The number of urea groups is 1. The molecule has 128 valence electrons. The van der Waals surface area contributed by atoms with Gasteiger partial charge < -0.3 is 10.2 Å². The fraction of sp³-hybridized carbons (Fsp3) is 0.500. The van der Waals surface area contributed by atoms with E-state index in [9.17, 15) is 4.79 Å². The van der Waals surface area contributed by atoms with E-state index in [4.69, 9.17) is 0 Å². The van der Waals surface area contributed by atoms with E-state index in [0.29, 0.717) is 13.1 Å². The van der Waals surface area contributed by atoms with Gasteiger partial charge in [0.2, 0.25) is 0 Å². The van der Waals surface area contributed by atoms with Crippen LogP contribution in [0.4, 0.5) is 4.79 Å². The molecule has 1 aliphatic rings. The maximum Gasteiger partial charge on any atom is 0.317 e. The second-order valence-electron chi connectivity index (χ2n) is 6.44. The van der Waals surface area contributed by atoms with E-state index in [1.54, 1.807) is 4.90 Å². The Bertz CT molecular complexity index is 709. The van der Waals surface area contributed by atoms with Gasteiger partial charge in [-0.1, -0.05) is 6.07 Å². The zero-order valence-corrected chi connectivity index (χ0v) is 14.4. The third-order valence-corrected chi connectivity index (χ3v) is 4.48. The van der Waals surface area contributed by atoms with Crippen LogP contribution in [0.25, 0.3) is 0 Å². The number of hydrogen-bond donors (Lipinski definition) is 2. The number of nitrogens with zero attached hydrogens (tertiary/aromatic N) is 3. The fourth-order valence-corrected chi connectivity index (χ4v) is 3.15. The highest BCUT2D eigenvalue weighted by atomic mass is 16.2. The smallest absolute Gasteiger partial charge is 0.317 e. The van der Waals surface area contributed by atoms with Gasteiger partial charge >= 0.3 is 6.03 Å². The molecule has 2 amide bonds. The van der Waals surface area contributed by atoms with Gasteiger partial charge in [-0.05, 0) is 50.3 Å². The summed E-state index contributed by atoms with van der Waals surface area (Å²) in [6, 6.07) is 5.88. The molecule has 2 aromatic rings. The Morgan fingerprint density at radius 3 is 3.00 bits per heavy atom. The van der Waals surface area contributed by atoms with Crippen molar-refractivity contribution < 1.29 is 4.79 Å². The Hall–Kier alpha value is -2.37. The highest BCUT2D eigenvalue weighted by Crippen LogP contribution is 2.22. The summed E-state index contributed by atoms with van der Waals surface area (Å²) in [6.45, 7) is 3.10. The zero-order valence-electron chi connectivity index (χ0n) is 14.4. The highest BCUT2D eigenvalue weighted by molar-refractivity contribution is 5.73. The molecule has 0 unspecified atom stereocenters. The van der Waals surface area contributed by atoms with Crippen molar-refractivity contribution in [1.82, 2.24) is 25.4 Å². The lowest BCUT2D eigenvalue weighted by molar-refractivity contribution is 0.206. The molecule has 0 saturated carbocycles. The summed E-state index contributed by atoms with van der Waals surface area (Å²) in [5, 5.41) is 10.5. The Morgan fingerprint density at radius 1 is 1.33 bits per heavy atom. The second-order valence-corrected chi connectivity index (χ2v) is 6.44. The molecular weight excluding hydrogens is 302 g/mol. The van der Waals surface area contributed by atoms with E-state index in [0.717, 1.165) is 36.3 Å². The molecule has 3 rings (SSSR count). The molecule has 2 aromatic heterocycles. The number of aromatic amines is 1. The maximum absolute atomic E-state index is 12.3. The lowest BCUT2D eigenvalue weighted by atomic mass is 9.96. The molecule has 1 aliphatic carbocycles. The molecule has 2 N–H and O–H groups in total. The summed E-state index contributed by atoms with van der Waals surface area (Å²) in [7, 11) is 1.81. The minimum atomic E-state index is -0.0739. The molecule has 0 saturated heterocycles. The van der Waals surface area contributed by atoms with E-state index in [1.807, 2.05) is 32.2 Å². The van der Waals surface area contributed by atoms with Crippen molar-refractivity contribution >= 4 is 6.03 Å². The predicted octanol–water partition coefficient (Wildman–Crippen LogP) is 2.38. The molecule has 0 bridgehead atoms. The monoisotopic (exact) mass is 327 g/mol. The summed E-state index contributed by atoms with van der Waals surface area (Å²) < 4.78 is 0. The van der Waals surface area contributed by atoms with Crippen LogP contribution in [0.1, 0.15) is 41.2 Å². The Labute approximate surface area is 142 Å². The van der Waals surface area contributed by atoms with Gasteiger partial charge in [-0.2, -0.15) is 5.10 Å². The van der Waals surface area contributed by atoms with Gasteiger partial charge in [0.15, 0.2) is 0 Å². The van der Waals surface area contributed by atoms with Gasteiger partial charge in [-0.3, -0.25) is 10.1 Å². The molecule has 0 aromatic carbocycles. The van der Waals surface area contributed by atoms with Crippen LogP contribution in [0.3, 0.4) is 0 Å². The van der Waals surface area contributed by atoms with Crippen molar-refractivity contribution in [2.24, 2.45) is 0 Å². The number of carbonyl (C=O) groups is 1. The number of fused-ring (bicyclic) bond motifs is 1. The Kier molecular flexibility index (Phi) is 5.13. The number of nitrogens with one attached hydrogen (secondary N) is 2. The van der Waals surface area contributed by atoms with Gasteiger partial charge in [-0.15, -0.1) is 0 Å². The van der Waals surface area contributed by atoms with Crippen LogP contribution in [0, 0.1) is 6.92 Å². The Balaban J connectivity index is 1.49. The zero-order chi connectivity index (χ0) is 16.9. The number of amides is 2. The standard InChI is InChI=1S/C18H25N5O/c1-13-6-5-7-14(20-13)10-11-19-18(24)23(2)12-17-15-8-3-4-9-16(15)21-22-17/h5-7H,3-4,8-12H2,1-2H3,(H,19,24)(H,21,22). The first-order valence-electron chi connectivity index (χ1n) is 8.60. The first-order valence-corrected chi connectivity index (χ1v) is 8.60. The lowest BCUT2D eigenvalue weighted by Crippen LogP contribution is -2.38. The summed E-state index contributed by atoms with van der Waals surface area (Å²) in [5.74, 6) is 0. The average molecular weight is 327 g/mol. The van der Waals surface area contributed by atoms with Gasteiger partial charge in [0, 0.05) is 37.1 Å². The molecule has 6 nitrogen and oxygen atoms in total. The summed E-state index contributed by atoms with van der Waals surface area (Å²) in [6.07, 6.45) is 5.30. The van der Waals surface area contributed by atoms with Gasteiger partial charge in [0.1, 0.15) is 0 Å². The third-order valence-electron chi connectivity index (χ3n) is 4.48. The molecule has 0 spiro atoms. The second kappa shape index (κ2) is 7.47. The summed E-state index contributed by atoms with van der Waals surface area (Å²) >= 11 is 0. The number of aromatic nitrogens is 3.